The van der Waals surface area contributed by atoms with Crippen LogP contribution in [0.3, 0.4) is 0 Å². The van der Waals surface area contributed by atoms with Crippen LogP contribution in [-0.2, 0) is 9.59 Å². The van der Waals surface area contributed by atoms with Gasteiger partial charge in [-0.3, -0.25) is 14.5 Å². The summed E-state index contributed by atoms with van der Waals surface area (Å²) in [5.41, 5.74) is 0. The van der Waals surface area contributed by atoms with E-state index in [4.69, 9.17) is 0 Å². The number of hydrogen-bond donors (Lipinski definition) is 1. The van der Waals surface area contributed by atoms with Crippen LogP contribution in [0, 0.1) is 0 Å². The van der Waals surface area contributed by atoms with E-state index < -0.39 is 0 Å². The van der Waals surface area contributed by atoms with Gasteiger partial charge in [0.1, 0.15) is 6.04 Å². The molecule has 0 aromatic heterocycles. The molecule has 0 radical (unpaired) electrons. The van der Waals surface area contributed by atoms with Crippen LogP contribution in [-0.4, -0.2) is 71.9 Å². The second kappa shape index (κ2) is 6.43. The summed E-state index contributed by atoms with van der Waals surface area (Å²) in [6.45, 7) is 5.86. The first-order valence-corrected chi connectivity index (χ1v) is 7.75. The maximum atomic E-state index is 11.9. The van der Waals surface area contributed by atoms with Crippen molar-refractivity contribution in [2.75, 3.05) is 44.2 Å². The average molecular weight is 271 g/mol. The summed E-state index contributed by atoms with van der Waals surface area (Å²) in [7, 11) is 0. The minimum atomic E-state index is -0.273. The van der Waals surface area contributed by atoms with Crippen LogP contribution >= 0.6 is 11.8 Å². The van der Waals surface area contributed by atoms with E-state index in [1.807, 2.05) is 18.7 Å². The van der Waals surface area contributed by atoms with Gasteiger partial charge in [0.05, 0.1) is 6.54 Å². The molecule has 1 N–H and O–H groups in total. The molecule has 2 aliphatic heterocycles. The van der Waals surface area contributed by atoms with Crippen molar-refractivity contribution in [3.63, 3.8) is 0 Å². The first-order chi connectivity index (χ1) is 8.72. The molecular weight excluding hydrogens is 250 g/mol. The Kier molecular flexibility index (Phi) is 4.88. The van der Waals surface area contributed by atoms with Gasteiger partial charge in [0.2, 0.25) is 11.8 Å². The summed E-state index contributed by atoms with van der Waals surface area (Å²) >= 11 is 1.98. The van der Waals surface area contributed by atoms with Crippen LogP contribution in [0.1, 0.15) is 13.3 Å². The second-order valence-corrected chi connectivity index (χ2v) is 5.91. The lowest BCUT2D eigenvalue weighted by Crippen LogP contribution is -2.59. The van der Waals surface area contributed by atoms with Gasteiger partial charge in [-0.15, -0.1) is 0 Å². The van der Waals surface area contributed by atoms with Crippen LogP contribution in [0.5, 0.6) is 0 Å². The number of nitrogens with one attached hydrogen (secondary N) is 1. The minimum absolute atomic E-state index is 0.00806. The maximum absolute atomic E-state index is 11.9. The monoisotopic (exact) mass is 271 g/mol. The van der Waals surface area contributed by atoms with E-state index in [-0.39, 0.29) is 24.4 Å². The number of carbonyl (C=O) groups excluding carboxylic acids is 2. The van der Waals surface area contributed by atoms with Crippen molar-refractivity contribution >= 4 is 23.6 Å². The summed E-state index contributed by atoms with van der Waals surface area (Å²) in [4.78, 5) is 27.7. The Morgan fingerprint density at radius 3 is 2.67 bits per heavy atom. The Bertz CT molecular complexity index is 318. The lowest BCUT2D eigenvalue weighted by Gasteiger charge is -2.36. The first kappa shape index (κ1) is 13.7. The molecule has 18 heavy (non-hydrogen) atoms. The van der Waals surface area contributed by atoms with Crippen molar-refractivity contribution in [1.29, 1.82) is 0 Å². The zero-order chi connectivity index (χ0) is 13.0. The van der Waals surface area contributed by atoms with Gasteiger partial charge < -0.3 is 10.2 Å². The lowest BCUT2D eigenvalue weighted by molar-refractivity contribution is -0.145. The topological polar surface area (TPSA) is 52.7 Å². The number of piperazine rings is 1. The van der Waals surface area contributed by atoms with Crippen molar-refractivity contribution in [3.8, 4) is 0 Å². The van der Waals surface area contributed by atoms with E-state index in [2.05, 4.69) is 10.2 Å². The van der Waals surface area contributed by atoms with E-state index in [0.29, 0.717) is 13.0 Å². The van der Waals surface area contributed by atoms with Crippen molar-refractivity contribution in [2.45, 2.75) is 19.4 Å². The standard InChI is InChI=1S/C12H21N3O2S/c1-2-10-12(17)13-9-11(16)15(10)4-3-14-5-7-18-8-6-14/h10H,2-9H2,1H3,(H,13,17). The summed E-state index contributed by atoms with van der Waals surface area (Å²) in [5.74, 6) is 2.39. The van der Waals surface area contributed by atoms with E-state index in [1.165, 1.54) is 11.5 Å². The SMILES string of the molecule is CCC1C(=O)NCC(=O)N1CCN1CCSCC1. The number of amides is 2. The largest absolute Gasteiger partial charge is 0.345 e. The summed E-state index contributed by atoms with van der Waals surface area (Å²) in [6.07, 6.45) is 0.688. The molecule has 2 amide bonds. The zero-order valence-electron chi connectivity index (χ0n) is 10.9. The Morgan fingerprint density at radius 2 is 2.00 bits per heavy atom. The molecule has 6 heteroatoms. The van der Waals surface area contributed by atoms with Gasteiger partial charge in [0.25, 0.3) is 0 Å². The second-order valence-electron chi connectivity index (χ2n) is 4.68. The Hall–Kier alpha value is -0.750. The maximum Gasteiger partial charge on any atom is 0.243 e. The lowest BCUT2D eigenvalue weighted by atomic mass is 10.1. The molecule has 0 saturated carbocycles. The van der Waals surface area contributed by atoms with Crippen molar-refractivity contribution in [3.05, 3.63) is 0 Å². The Morgan fingerprint density at radius 1 is 1.28 bits per heavy atom. The zero-order valence-corrected chi connectivity index (χ0v) is 11.7. The summed E-state index contributed by atoms with van der Waals surface area (Å²) in [5, 5.41) is 2.65. The molecule has 1 atom stereocenters. The summed E-state index contributed by atoms with van der Waals surface area (Å²) < 4.78 is 0. The van der Waals surface area contributed by atoms with Crippen LogP contribution in [0.4, 0.5) is 0 Å². The van der Waals surface area contributed by atoms with E-state index >= 15 is 0 Å². The number of thioether (sulfide) groups is 1. The number of carbonyl (C=O) groups is 2. The smallest absolute Gasteiger partial charge is 0.243 e. The highest BCUT2D eigenvalue weighted by molar-refractivity contribution is 7.99. The summed E-state index contributed by atoms with van der Waals surface area (Å²) in [6, 6.07) is -0.273. The van der Waals surface area contributed by atoms with Crippen LogP contribution < -0.4 is 5.32 Å². The third kappa shape index (κ3) is 3.17. The molecule has 102 valence electrons. The molecule has 0 aliphatic carbocycles. The molecular formula is C12H21N3O2S. The van der Waals surface area contributed by atoms with E-state index in [9.17, 15) is 9.59 Å². The van der Waals surface area contributed by atoms with Gasteiger partial charge >= 0.3 is 0 Å². The van der Waals surface area contributed by atoms with Crippen LogP contribution in [0.15, 0.2) is 0 Å². The molecule has 2 aliphatic rings. The molecule has 0 spiro atoms. The van der Waals surface area contributed by atoms with Crippen molar-refractivity contribution in [1.82, 2.24) is 15.1 Å². The van der Waals surface area contributed by atoms with Gasteiger partial charge in [0, 0.05) is 37.7 Å². The fourth-order valence-electron chi connectivity index (χ4n) is 2.46. The quantitative estimate of drug-likeness (QED) is 0.767. The Labute approximate surface area is 112 Å². The average Bonchev–Trinajstić information content (AvgIpc) is 2.41. The highest BCUT2D eigenvalue weighted by atomic mass is 32.2. The Balaban J connectivity index is 1.88. The first-order valence-electron chi connectivity index (χ1n) is 6.59. The third-order valence-corrected chi connectivity index (χ3v) is 4.50. The van der Waals surface area contributed by atoms with E-state index in [1.54, 1.807) is 4.90 Å². The molecule has 0 bridgehead atoms. The minimum Gasteiger partial charge on any atom is -0.345 e. The van der Waals surface area contributed by atoms with Gasteiger partial charge in [0.15, 0.2) is 0 Å². The van der Waals surface area contributed by atoms with Gasteiger partial charge in [-0.2, -0.15) is 11.8 Å². The van der Waals surface area contributed by atoms with Gasteiger partial charge in [-0.25, -0.2) is 0 Å². The number of rotatable bonds is 4. The fourth-order valence-corrected chi connectivity index (χ4v) is 3.44. The molecule has 2 saturated heterocycles. The molecule has 2 heterocycles. The van der Waals surface area contributed by atoms with Gasteiger partial charge in [-0.05, 0) is 6.42 Å². The molecule has 2 fully saturated rings. The third-order valence-electron chi connectivity index (χ3n) is 3.56. The normalized spacial score (nSPS) is 26.3. The highest BCUT2D eigenvalue weighted by Gasteiger charge is 2.32. The van der Waals surface area contributed by atoms with Gasteiger partial charge in [-0.1, -0.05) is 6.92 Å². The van der Waals surface area contributed by atoms with Crippen molar-refractivity contribution < 1.29 is 9.59 Å². The highest BCUT2D eigenvalue weighted by Crippen LogP contribution is 2.12. The predicted octanol–water partition coefficient (Wildman–Crippen LogP) is -0.228. The number of hydrogen-bond acceptors (Lipinski definition) is 4. The van der Waals surface area contributed by atoms with Crippen molar-refractivity contribution in [2.24, 2.45) is 0 Å². The predicted molar refractivity (Wildman–Crippen MR) is 72.6 cm³/mol. The van der Waals surface area contributed by atoms with E-state index in [0.717, 1.165) is 19.6 Å². The molecule has 0 aromatic rings. The molecule has 1 unspecified atom stereocenters. The molecule has 0 aromatic carbocycles. The molecule has 2 rings (SSSR count). The van der Waals surface area contributed by atoms with Crippen LogP contribution in [0.25, 0.3) is 0 Å². The molecule has 5 nitrogen and oxygen atoms in total. The number of nitrogens with zero attached hydrogens (tertiary/aromatic N) is 2. The fraction of sp³-hybridized carbons (Fsp3) is 0.833. The van der Waals surface area contributed by atoms with Crippen LogP contribution in [0.2, 0.25) is 0 Å².